The van der Waals surface area contributed by atoms with Crippen molar-refractivity contribution < 1.29 is 23.1 Å². The quantitative estimate of drug-likeness (QED) is 0.410. The molecule has 26 heavy (non-hydrogen) atoms. The summed E-state index contributed by atoms with van der Waals surface area (Å²) >= 11 is 0. The van der Waals surface area contributed by atoms with Crippen molar-refractivity contribution in [2.24, 2.45) is 0 Å². The molecule has 1 heterocycles. The number of hydrogen-bond donors (Lipinski definition) is 2. The number of phenolic OH excluding ortho intramolecular Hbond substituents is 1. The van der Waals surface area contributed by atoms with Crippen molar-refractivity contribution in [2.75, 3.05) is 37.1 Å². The van der Waals surface area contributed by atoms with Gasteiger partial charge in [0.1, 0.15) is 17.4 Å². The second-order valence-corrected chi connectivity index (χ2v) is 8.17. The molecule has 0 bridgehead atoms. The van der Waals surface area contributed by atoms with Crippen LogP contribution in [0.25, 0.3) is 0 Å². The van der Waals surface area contributed by atoms with Gasteiger partial charge in [-0.25, -0.2) is 8.42 Å². The Morgan fingerprint density at radius 1 is 1.46 bits per heavy atom. The van der Waals surface area contributed by atoms with Gasteiger partial charge in [-0.05, 0) is 30.7 Å². The molecule has 0 radical (unpaired) electrons. The summed E-state index contributed by atoms with van der Waals surface area (Å²) in [7, 11) is -1.58. The zero-order chi connectivity index (χ0) is 19.2. The van der Waals surface area contributed by atoms with E-state index < -0.39 is 15.7 Å². The van der Waals surface area contributed by atoms with Crippen LogP contribution < -0.4 is 5.32 Å². The summed E-state index contributed by atoms with van der Waals surface area (Å²) in [6.45, 7) is 0.708. The molecule has 1 atom stereocenters. The highest BCUT2D eigenvalue weighted by Crippen LogP contribution is 2.19. The van der Waals surface area contributed by atoms with Crippen molar-refractivity contribution in [2.45, 2.75) is 12.5 Å². The maximum absolute atomic E-state index is 12.3. The molecule has 0 aromatic heterocycles. The number of ether oxygens (including phenoxy) is 1. The second kappa shape index (κ2) is 8.69. The molecule has 1 aromatic rings. The lowest BCUT2D eigenvalue weighted by atomic mass is 10.2. The van der Waals surface area contributed by atoms with Crippen LogP contribution in [0.15, 0.2) is 36.0 Å². The first-order chi connectivity index (χ1) is 12.3. The number of amides is 1. The lowest BCUT2D eigenvalue weighted by Gasteiger charge is -2.26. The van der Waals surface area contributed by atoms with Crippen molar-refractivity contribution in [3.05, 3.63) is 36.0 Å². The van der Waals surface area contributed by atoms with Gasteiger partial charge in [-0.15, -0.1) is 0 Å². The Kier molecular flexibility index (Phi) is 6.60. The van der Waals surface area contributed by atoms with E-state index in [1.54, 1.807) is 4.90 Å². The zero-order valence-electron chi connectivity index (χ0n) is 14.4. The fraction of sp³-hybridized carbons (Fsp3) is 0.412. The summed E-state index contributed by atoms with van der Waals surface area (Å²) in [5.41, 5.74) is 0.291. The monoisotopic (exact) mass is 379 g/mol. The van der Waals surface area contributed by atoms with Crippen LogP contribution in [0.2, 0.25) is 0 Å². The van der Waals surface area contributed by atoms with Crippen LogP contribution in [-0.2, 0) is 19.4 Å². The molecule has 9 heteroatoms. The number of sulfone groups is 1. The van der Waals surface area contributed by atoms with Crippen LogP contribution >= 0.6 is 0 Å². The second-order valence-electron chi connectivity index (χ2n) is 5.94. The van der Waals surface area contributed by atoms with Crippen LogP contribution in [0.1, 0.15) is 6.42 Å². The van der Waals surface area contributed by atoms with Crippen LogP contribution in [0, 0.1) is 11.3 Å². The number of carbonyl (C=O) groups is 1. The Balaban J connectivity index is 2.16. The molecule has 2 N–H and O–H groups in total. The smallest absolute Gasteiger partial charge is 0.267 e. The van der Waals surface area contributed by atoms with Gasteiger partial charge in [0.05, 0.1) is 18.1 Å². The van der Waals surface area contributed by atoms with E-state index in [1.165, 1.54) is 37.6 Å². The summed E-state index contributed by atoms with van der Waals surface area (Å²) in [6, 6.07) is 7.41. The molecule has 140 valence electrons. The van der Waals surface area contributed by atoms with Crippen molar-refractivity contribution in [3.63, 3.8) is 0 Å². The predicted molar refractivity (Wildman–Crippen MR) is 96.1 cm³/mol. The molecule has 1 aliphatic heterocycles. The van der Waals surface area contributed by atoms with Gasteiger partial charge in [0.15, 0.2) is 9.84 Å². The SMILES string of the molecule is COCCN(/C=C(/C#N)C(=O)Nc1ccc(O)cc1)C1CCS(=O)(=O)C1. The first-order valence-electron chi connectivity index (χ1n) is 8.02. The van der Waals surface area contributed by atoms with E-state index in [0.29, 0.717) is 25.3 Å². The largest absolute Gasteiger partial charge is 0.508 e. The Morgan fingerprint density at radius 3 is 2.69 bits per heavy atom. The van der Waals surface area contributed by atoms with E-state index in [4.69, 9.17) is 4.74 Å². The van der Waals surface area contributed by atoms with Gasteiger partial charge in [0, 0.05) is 31.6 Å². The van der Waals surface area contributed by atoms with Crippen molar-refractivity contribution in [1.82, 2.24) is 4.90 Å². The maximum atomic E-state index is 12.3. The molecule has 2 rings (SSSR count). The first kappa shape index (κ1) is 19.8. The van der Waals surface area contributed by atoms with Crippen molar-refractivity contribution in [1.29, 1.82) is 5.26 Å². The van der Waals surface area contributed by atoms with Gasteiger partial charge in [-0.1, -0.05) is 0 Å². The van der Waals surface area contributed by atoms with E-state index in [-0.39, 0.29) is 28.9 Å². The van der Waals surface area contributed by atoms with Crippen LogP contribution in [0.3, 0.4) is 0 Å². The predicted octanol–water partition coefficient (Wildman–Crippen LogP) is 0.874. The minimum absolute atomic E-state index is 0.00843. The van der Waals surface area contributed by atoms with Gasteiger partial charge in [-0.3, -0.25) is 4.79 Å². The highest BCUT2D eigenvalue weighted by molar-refractivity contribution is 7.91. The highest BCUT2D eigenvalue weighted by Gasteiger charge is 2.31. The molecule has 1 aromatic carbocycles. The normalized spacial score (nSPS) is 18.9. The average molecular weight is 379 g/mol. The summed E-state index contributed by atoms with van der Waals surface area (Å²) in [4.78, 5) is 14.0. The third-order valence-electron chi connectivity index (χ3n) is 4.02. The minimum atomic E-state index is -3.10. The molecule has 1 fully saturated rings. The van der Waals surface area contributed by atoms with E-state index in [9.17, 15) is 23.6 Å². The van der Waals surface area contributed by atoms with Crippen molar-refractivity contribution in [3.8, 4) is 11.8 Å². The maximum Gasteiger partial charge on any atom is 0.267 e. The average Bonchev–Trinajstić information content (AvgIpc) is 2.97. The molecule has 0 saturated carbocycles. The van der Waals surface area contributed by atoms with Gasteiger partial charge in [-0.2, -0.15) is 5.26 Å². The topological polar surface area (TPSA) is 120 Å². The summed E-state index contributed by atoms with van der Waals surface area (Å²) < 4.78 is 28.5. The molecule has 0 spiro atoms. The number of methoxy groups -OCH3 is 1. The molecular weight excluding hydrogens is 358 g/mol. The molecule has 8 nitrogen and oxygen atoms in total. The third kappa shape index (κ3) is 5.47. The molecular formula is C17H21N3O5S. The first-order valence-corrected chi connectivity index (χ1v) is 9.84. The van der Waals surface area contributed by atoms with Crippen LogP contribution in [0.5, 0.6) is 5.75 Å². The summed E-state index contributed by atoms with van der Waals surface area (Å²) in [5, 5.41) is 21.2. The molecule has 1 unspecified atom stereocenters. The number of benzene rings is 1. The fourth-order valence-electron chi connectivity index (χ4n) is 2.63. The molecule has 1 aliphatic rings. The summed E-state index contributed by atoms with van der Waals surface area (Å²) in [5.74, 6) is -0.462. The van der Waals surface area contributed by atoms with E-state index in [1.807, 2.05) is 6.07 Å². The Hall–Kier alpha value is -2.57. The number of nitrogens with zero attached hydrogens (tertiary/aromatic N) is 2. The molecule has 1 saturated heterocycles. The molecule has 0 aliphatic carbocycles. The number of nitrogens with one attached hydrogen (secondary N) is 1. The van der Waals surface area contributed by atoms with E-state index >= 15 is 0 Å². The lowest BCUT2D eigenvalue weighted by Crippen LogP contribution is -2.35. The number of nitriles is 1. The Labute approximate surface area is 152 Å². The van der Waals surface area contributed by atoms with Gasteiger partial charge in [0.2, 0.25) is 0 Å². The van der Waals surface area contributed by atoms with Gasteiger partial charge >= 0.3 is 0 Å². The molecule has 1 amide bonds. The Bertz CT molecular complexity index is 812. The van der Waals surface area contributed by atoms with Gasteiger partial charge in [0.25, 0.3) is 5.91 Å². The van der Waals surface area contributed by atoms with E-state index in [0.717, 1.165) is 0 Å². The highest BCUT2D eigenvalue weighted by atomic mass is 32.2. The minimum Gasteiger partial charge on any atom is -0.508 e. The number of anilines is 1. The van der Waals surface area contributed by atoms with Crippen molar-refractivity contribution >= 4 is 21.4 Å². The fourth-order valence-corrected chi connectivity index (χ4v) is 4.38. The standard InChI is InChI=1S/C17H21N3O5S/c1-25-8-7-20(15-6-9-26(23,24)12-15)11-13(10-18)17(22)19-14-2-4-16(21)5-3-14/h2-5,11,15,21H,6-9,12H2,1H3,(H,19,22)/b13-11-. The lowest BCUT2D eigenvalue weighted by molar-refractivity contribution is -0.112. The summed E-state index contributed by atoms with van der Waals surface area (Å²) in [6.07, 6.45) is 1.83. The third-order valence-corrected chi connectivity index (χ3v) is 5.77. The van der Waals surface area contributed by atoms with E-state index in [2.05, 4.69) is 5.32 Å². The number of aromatic hydroxyl groups is 1. The number of phenols is 1. The van der Waals surface area contributed by atoms with Gasteiger partial charge < -0.3 is 20.1 Å². The number of rotatable bonds is 7. The zero-order valence-corrected chi connectivity index (χ0v) is 15.2. The number of carbonyl (C=O) groups excluding carboxylic acids is 1. The van der Waals surface area contributed by atoms with Crippen LogP contribution in [0.4, 0.5) is 5.69 Å². The van der Waals surface area contributed by atoms with Crippen LogP contribution in [-0.4, -0.2) is 62.1 Å². The number of hydrogen-bond acceptors (Lipinski definition) is 7. The Morgan fingerprint density at radius 2 is 2.15 bits per heavy atom.